The molecule has 1 unspecified atom stereocenters. The smallest absolute Gasteiger partial charge is 0.332 e. The quantitative estimate of drug-likeness (QED) is 0.745. The van der Waals surface area contributed by atoms with Gasteiger partial charge in [-0.15, -0.1) is 0 Å². The highest BCUT2D eigenvalue weighted by Gasteiger charge is 2.10. The minimum atomic E-state index is -1.01. The van der Waals surface area contributed by atoms with Gasteiger partial charge >= 0.3 is 5.97 Å². The third kappa shape index (κ3) is 4.55. The molecule has 1 rings (SSSR count). The average Bonchev–Trinajstić information content (AvgIpc) is 2.34. The summed E-state index contributed by atoms with van der Waals surface area (Å²) in [4.78, 5) is 22.1. The minimum Gasteiger partial charge on any atom is -0.479 e. The first kappa shape index (κ1) is 14.2. The van der Waals surface area contributed by atoms with E-state index in [0.717, 1.165) is 5.56 Å². The molecule has 1 aromatic carbocycles. The molecule has 0 saturated carbocycles. The minimum absolute atomic E-state index is 0.172. The van der Waals surface area contributed by atoms with Crippen LogP contribution < -0.4 is 5.32 Å². The standard InChI is InChI=1S/C13H17NO4/c1-9-3-5-11(6-4-9)12(15)14-7-8-18-10(2)13(16)17/h3-6,10H,7-8H2,1-2H3,(H,14,15)(H,16,17). The van der Waals surface area contributed by atoms with Gasteiger partial charge in [-0.25, -0.2) is 4.79 Å². The van der Waals surface area contributed by atoms with E-state index in [1.807, 2.05) is 19.1 Å². The number of carbonyl (C=O) groups excluding carboxylic acids is 1. The fourth-order valence-electron chi connectivity index (χ4n) is 1.28. The number of rotatable bonds is 6. The van der Waals surface area contributed by atoms with Crippen molar-refractivity contribution in [3.63, 3.8) is 0 Å². The Morgan fingerprint density at radius 1 is 1.33 bits per heavy atom. The zero-order chi connectivity index (χ0) is 13.5. The van der Waals surface area contributed by atoms with Gasteiger partial charge in [0.1, 0.15) is 0 Å². The van der Waals surface area contributed by atoms with Crippen molar-refractivity contribution in [3.8, 4) is 0 Å². The van der Waals surface area contributed by atoms with Crippen LogP contribution in [0.5, 0.6) is 0 Å². The van der Waals surface area contributed by atoms with Crippen LogP contribution in [0.1, 0.15) is 22.8 Å². The van der Waals surface area contributed by atoms with E-state index >= 15 is 0 Å². The molecule has 0 aliphatic heterocycles. The van der Waals surface area contributed by atoms with Crippen molar-refractivity contribution >= 4 is 11.9 Å². The summed E-state index contributed by atoms with van der Waals surface area (Å²) in [7, 11) is 0. The highest BCUT2D eigenvalue weighted by molar-refractivity contribution is 5.94. The summed E-state index contributed by atoms with van der Waals surface area (Å²) in [5.41, 5.74) is 1.66. The van der Waals surface area contributed by atoms with Crippen LogP contribution in [0.3, 0.4) is 0 Å². The van der Waals surface area contributed by atoms with E-state index in [-0.39, 0.29) is 19.1 Å². The van der Waals surface area contributed by atoms with Crippen molar-refractivity contribution in [2.75, 3.05) is 13.2 Å². The van der Waals surface area contributed by atoms with Crippen molar-refractivity contribution in [2.24, 2.45) is 0 Å². The van der Waals surface area contributed by atoms with Gasteiger partial charge in [-0.3, -0.25) is 4.79 Å². The van der Waals surface area contributed by atoms with Crippen LogP contribution in [0.15, 0.2) is 24.3 Å². The number of nitrogens with one attached hydrogen (secondary N) is 1. The molecule has 0 radical (unpaired) electrons. The lowest BCUT2D eigenvalue weighted by atomic mass is 10.1. The molecule has 5 heteroatoms. The van der Waals surface area contributed by atoms with Crippen molar-refractivity contribution in [3.05, 3.63) is 35.4 Å². The molecule has 0 heterocycles. The number of aryl methyl sites for hydroxylation is 1. The van der Waals surface area contributed by atoms with E-state index in [2.05, 4.69) is 5.32 Å². The lowest BCUT2D eigenvalue weighted by molar-refractivity contribution is -0.148. The maximum atomic E-state index is 11.7. The van der Waals surface area contributed by atoms with Crippen LogP contribution in [0.4, 0.5) is 0 Å². The number of ether oxygens (including phenoxy) is 1. The van der Waals surface area contributed by atoms with Gasteiger partial charge in [0.15, 0.2) is 6.10 Å². The van der Waals surface area contributed by atoms with Gasteiger partial charge in [0.05, 0.1) is 6.61 Å². The molecule has 0 spiro atoms. The number of benzene rings is 1. The normalized spacial score (nSPS) is 11.9. The number of carboxylic acid groups (broad SMARTS) is 1. The Morgan fingerprint density at radius 2 is 1.94 bits per heavy atom. The second-order valence-electron chi connectivity index (χ2n) is 3.97. The Morgan fingerprint density at radius 3 is 2.50 bits per heavy atom. The third-order valence-corrected chi connectivity index (χ3v) is 2.42. The highest BCUT2D eigenvalue weighted by Crippen LogP contribution is 2.02. The Bertz CT molecular complexity index is 414. The van der Waals surface area contributed by atoms with E-state index in [9.17, 15) is 9.59 Å². The van der Waals surface area contributed by atoms with Crippen LogP contribution >= 0.6 is 0 Å². The second-order valence-corrected chi connectivity index (χ2v) is 3.97. The number of amides is 1. The zero-order valence-electron chi connectivity index (χ0n) is 10.5. The van der Waals surface area contributed by atoms with E-state index in [1.165, 1.54) is 6.92 Å². The largest absolute Gasteiger partial charge is 0.479 e. The van der Waals surface area contributed by atoms with Crippen molar-refractivity contribution in [2.45, 2.75) is 20.0 Å². The summed E-state index contributed by atoms with van der Waals surface area (Å²) in [5.74, 6) is -1.21. The van der Waals surface area contributed by atoms with Gasteiger partial charge in [-0.05, 0) is 26.0 Å². The summed E-state index contributed by atoms with van der Waals surface area (Å²) < 4.78 is 4.99. The molecule has 0 aliphatic rings. The Balaban J connectivity index is 2.29. The summed E-state index contributed by atoms with van der Waals surface area (Å²) >= 11 is 0. The molecule has 0 fully saturated rings. The molecular weight excluding hydrogens is 234 g/mol. The molecule has 5 nitrogen and oxygen atoms in total. The lowest BCUT2D eigenvalue weighted by Gasteiger charge is -2.09. The summed E-state index contributed by atoms with van der Waals surface area (Å²) in [6.07, 6.45) is -0.860. The van der Waals surface area contributed by atoms with Gasteiger partial charge < -0.3 is 15.2 Å². The summed E-state index contributed by atoms with van der Waals surface area (Å²) in [6, 6.07) is 7.20. The average molecular weight is 251 g/mol. The number of carbonyl (C=O) groups is 2. The molecule has 18 heavy (non-hydrogen) atoms. The fourth-order valence-corrected chi connectivity index (χ4v) is 1.28. The highest BCUT2D eigenvalue weighted by atomic mass is 16.5. The van der Waals surface area contributed by atoms with Gasteiger partial charge in [0.25, 0.3) is 5.91 Å². The third-order valence-electron chi connectivity index (χ3n) is 2.42. The van der Waals surface area contributed by atoms with Crippen LogP contribution in [-0.4, -0.2) is 36.2 Å². The maximum Gasteiger partial charge on any atom is 0.332 e. The van der Waals surface area contributed by atoms with Crippen LogP contribution in [0.2, 0.25) is 0 Å². The summed E-state index contributed by atoms with van der Waals surface area (Å²) in [5, 5.41) is 11.2. The molecule has 98 valence electrons. The van der Waals surface area contributed by atoms with Gasteiger partial charge in [0.2, 0.25) is 0 Å². The predicted molar refractivity (Wildman–Crippen MR) is 66.6 cm³/mol. The SMILES string of the molecule is Cc1ccc(C(=O)NCCOC(C)C(=O)O)cc1. The molecule has 2 N–H and O–H groups in total. The summed E-state index contributed by atoms with van der Waals surface area (Å²) in [6.45, 7) is 3.85. The van der Waals surface area contributed by atoms with Gasteiger partial charge in [0, 0.05) is 12.1 Å². The molecule has 1 atom stereocenters. The van der Waals surface area contributed by atoms with E-state index < -0.39 is 12.1 Å². The van der Waals surface area contributed by atoms with Gasteiger partial charge in [-0.1, -0.05) is 17.7 Å². The predicted octanol–water partition coefficient (Wildman–Crippen LogP) is 1.21. The van der Waals surface area contributed by atoms with Crippen molar-refractivity contribution in [1.29, 1.82) is 0 Å². The maximum absolute atomic E-state index is 11.7. The first-order chi connectivity index (χ1) is 8.50. The molecule has 1 amide bonds. The van der Waals surface area contributed by atoms with E-state index in [4.69, 9.17) is 9.84 Å². The van der Waals surface area contributed by atoms with Crippen LogP contribution in [0.25, 0.3) is 0 Å². The molecular formula is C13H17NO4. The molecule has 0 bridgehead atoms. The molecule has 0 aliphatic carbocycles. The Hall–Kier alpha value is -1.88. The molecule has 0 saturated heterocycles. The van der Waals surface area contributed by atoms with Gasteiger partial charge in [-0.2, -0.15) is 0 Å². The zero-order valence-corrected chi connectivity index (χ0v) is 10.5. The van der Waals surface area contributed by atoms with Crippen LogP contribution in [0, 0.1) is 6.92 Å². The number of carboxylic acids is 1. The van der Waals surface area contributed by atoms with Crippen molar-refractivity contribution in [1.82, 2.24) is 5.32 Å². The monoisotopic (exact) mass is 251 g/mol. The Kier molecular flexibility index (Phi) is 5.32. The Labute approximate surface area is 106 Å². The first-order valence-electron chi connectivity index (χ1n) is 5.70. The number of aliphatic carboxylic acids is 1. The van der Waals surface area contributed by atoms with E-state index in [1.54, 1.807) is 12.1 Å². The number of hydrogen-bond donors (Lipinski definition) is 2. The fraction of sp³-hybridized carbons (Fsp3) is 0.385. The molecule has 1 aromatic rings. The van der Waals surface area contributed by atoms with E-state index in [0.29, 0.717) is 5.56 Å². The van der Waals surface area contributed by atoms with Crippen LogP contribution in [-0.2, 0) is 9.53 Å². The number of hydrogen-bond acceptors (Lipinski definition) is 3. The van der Waals surface area contributed by atoms with Crippen molar-refractivity contribution < 1.29 is 19.4 Å². The topological polar surface area (TPSA) is 75.6 Å². The second kappa shape index (κ2) is 6.76. The first-order valence-corrected chi connectivity index (χ1v) is 5.70. The molecule has 0 aromatic heterocycles. The lowest BCUT2D eigenvalue weighted by Crippen LogP contribution is -2.30.